The zero-order valence-corrected chi connectivity index (χ0v) is 9.72. The maximum atomic E-state index is 5.78. The summed E-state index contributed by atoms with van der Waals surface area (Å²) in [6.45, 7) is 7.14. The first-order valence-electron chi connectivity index (χ1n) is 5.96. The Morgan fingerprint density at radius 3 is 2.43 bits per heavy atom. The molecule has 0 aliphatic heterocycles. The topological polar surface area (TPSA) is 35.2 Å². The highest BCUT2D eigenvalue weighted by Gasteiger charge is 2.34. The van der Waals surface area contributed by atoms with Gasteiger partial charge in [-0.1, -0.05) is 20.3 Å². The fourth-order valence-electron chi connectivity index (χ4n) is 1.94. The van der Waals surface area contributed by atoms with Crippen molar-refractivity contribution >= 4 is 0 Å². The highest BCUT2D eigenvalue weighted by Crippen LogP contribution is 2.42. The van der Waals surface area contributed by atoms with E-state index < -0.39 is 0 Å². The quantitative estimate of drug-likeness (QED) is 0.640. The predicted octanol–water partition coefficient (Wildman–Crippen LogP) is 2.57. The van der Waals surface area contributed by atoms with Gasteiger partial charge < -0.3 is 10.5 Å². The van der Waals surface area contributed by atoms with Crippen molar-refractivity contribution in [3.63, 3.8) is 0 Å². The molecule has 84 valence electrons. The predicted molar refractivity (Wildman–Crippen MR) is 60.2 cm³/mol. The van der Waals surface area contributed by atoms with Gasteiger partial charge in [0.2, 0.25) is 0 Å². The van der Waals surface area contributed by atoms with Crippen molar-refractivity contribution in [1.29, 1.82) is 0 Å². The summed E-state index contributed by atoms with van der Waals surface area (Å²) in [5.41, 5.74) is 6.23. The molecule has 0 spiro atoms. The van der Waals surface area contributed by atoms with Gasteiger partial charge in [0.05, 0.1) is 0 Å². The van der Waals surface area contributed by atoms with Crippen LogP contribution in [0.25, 0.3) is 0 Å². The van der Waals surface area contributed by atoms with Crippen LogP contribution in [0.5, 0.6) is 0 Å². The normalized spacial score (nSPS) is 19.7. The SMILES string of the molecule is CC(C)CCOCCC1(CN)CCC1. The third-order valence-corrected chi connectivity index (χ3v) is 3.46. The summed E-state index contributed by atoms with van der Waals surface area (Å²) in [6.07, 6.45) is 6.34. The summed E-state index contributed by atoms with van der Waals surface area (Å²) in [7, 11) is 0. The van der Waals surface area contributed by atoms with Crippen molar-refractivity contribution in [2.75, 3.05) is 19.8 Å². The summed E-state index contributed by atoms with van der Waals surface area (Å²) in [5.74, 6) is 0.752. The van der Waals surface area contributed by atoms with Gasteiger partial charge >= 0.3 is 0 Å². The maximum Gasteiger partial charge on any atom is 0.0471 e. The standard InChI is InChI=1S/C12H25NO/c1-11(2)4-8-14-9-7-12(10-13)5-3-6-12/h11H,3-10,13H2,1-2H3. The average Bonchev–Trinajstić information content (AvgIpc) is 2.08. The van der Waals surface area contributed by atoms with Crippen LogP contribution in [0, 0.1) is 11.3 Å². The van der Waals surface area contributed by atoms with Gasteiger partial charge in [0.1, 0.15) is 0 Å². The molecule has 0 radical (unpaired) electrons. The van der Waals surface area contributed by atoms with Crippen molar-refractivity contribution in [3.05, 3.63) is 0 Å². The van der Waals surface area contributed by atoms with Crippen LogP contribution in [-0.2, 0) is 4.74 Å². The van der Waals surface area contributed by atoms with Gasteiger partial charge in [-0.05, 0) is 43.6 Å². The average molecular weight is 199 g/mol. The molecule has 0 bridgehead atoms. The second-order valence-electron chi connectivity index (χ2n) is 5.10. The number of hydrogen-bond acceptors (Lipinski definition) is 2. The van der Waals surface area contributed by atoms with E-state index in [1.54, 1.807) is 0 Å². The monoisotopic (exact) mass is 199 g/mol. The third-order valence-electron chi connectivity index (χ3n) is 3.46. The van der Waals surface area contributed by atoms with Crippen LogP contribution in [0.1, 0.15) is 46.0 Å². The van der Waals surface area contributed by atoms with Gasteiger partial charge in [0, 0.05) is 13.2 Å². The number of hydrogen-bond donors (Lipinski definition) is 1. The molecule has 0 saturated heterocycles. The molecule has 2 nitrogen and oxygen atoms in total. The fourth-order valence-corrected chi connectivity index (χ4v) is 1.94. The maximum absolute atomic E-state index is 5.78. The second-order valence-corrected chi connectivity index (χ2v) is 5.10. The summed E-state index contributed by atoms with van der Waals surface area (Å²) in [4.78, 5) is 0. The van der Waals surface area contributed by atoms with E-state index in [0.29, 0.717) is 5.41 Å². The zero-order valence-electron chi connectivity index (χ0n) is 9.72. The van der Waals surface area contributed by atoms with Crippen molar-refractivity contribution in [3.8, 4) is 0 Å². The minimum atomic E-state index is 0.456. The Morgan fingerprint density at radius 1 is 1.29 bits per heavy atom. The lowest BCUT2D eigenvalue weighted by Crippen LogP contribution is -2.38. The fraction of sp³-hybridized carbons (Fsp3) is 1.00. The lowest BCUT2D eigenvalue weighted by Gasteiger charge is -2.41. The van der Waals surface area contributed by atoms with Crippen molar-refractivity contribution in [2.24, 2.45) is 17.1 Å². The second kappa shape index (κ2) is 5.72. The molecule has 0 aromatic heterocycles. The minimum absolute atomic E-state index is 0.456. The lowest BCUT2D eigenvalue weighted by atomic mass is 9.67. The van der Waals surface area contributed by atoms with Crippen molar-refractivity contribution in [2.45, 2.75) is 46.0 Å². The molecule has 0 aromatic rings. The van der Waals surface area contributed by atoms with E-state index in [-0.39, 0.29) is 0 Å². The van der Waals surface area contributed by atoms with Crippen LogP contribution in [0.4, 0.5) is 0 Å². The smallest absolute Gasteiger partial charge is 0.0471 e. The van der Waals surface area contributed by atoms with Crippen molar-refractivity contribution < 1.29 is 4.74 Å². The molecule has 1 saturated carbocycles. The number of rotatable bonds is 7. The van der Waals surface area contributed by atoms with E-state index >= 15 is 0 Å². The Morgan fingerprint density at radius 2 is 2.00 bits per heavy atom. The van der Waals surface area contributed by atoms with Crippen LogP contribution in [-0.4, -0.2) is 19.8 Å². The van der Waals surface area contributed by atoms with E-state index in [9.17, 15) is 0 Å². The Bertz CT molecular complexity index is 147. The van der Waals surface area contributed by atoms with E-state index in [1.807, 2.05) is 0 Å². The highest BCUT2D eigenvalue weighted by atomic mass is 16.5. The molecule has 2 N–H and O–H groups in total. The Labute approximate surface area is 88.2 Å². The largest absolute Gasteiger partial charge is 0.381 e. The zero-order chi connectivity index (χ0) is 10.4. The molecule has 1 rings (SSSR count). The molecule has 1 aliphatic rings. The van der Waals surface area contributed by atoms with Crippen LogP contribution in [0.3, 0.4) is 0 Å². The van der Waals surface area contributed by atoms with Gasteiger partial charge in [-0.15, -0.1) is 0 Å². The van der Waals surface area contributed by atoms with Gasteiger partial charge in [-0.3, -0.25) is 0 Å². The molecule has 0 atom stereocenters. The van der Waals surface area contributed by atoms with E-state index in [0.717, 1.165) is 25.7 Å². The number of ether oxygens (including phenoxy) is 1. The molecule has 0 aromatic carbocycles. The summed E-state index contributed by atoms with van der Waals surface area (Å²) in [6, 6.07) is 0. The van der Waals surface area contributed by atoms with Gasteiger partial charge in [0.15, 0.2) is 0 Å². The Kier molecular flexibility index (Phi) is 4.90. The lowest BCUT2D eigenvalue weighted by molar-refractivity contribution is 0.0518. The van der Waals surface area contributed by atoms with Crippen LogP contribution < -0.4 is 5.73 Å². The number of nitrogens with two attached hydrogens (primary N) is 1. The molecule has 0 heterocycles. The highest BCUT2D eigenvalue weighted by molar-refractivity contribution is 4.88. The molecule has 0 amide bonds. The summed E-state index contributed by atoms with van der Waals surface area (Å²) in [5, 5.41) is 0. The van der Waals surface area contributed by atoms with Crippen molar-refractivity contribution in [1.82, 2.24) is 0 Å². The Balaban J connectivity index is 1.97. The molecule has 0 unspecified atom stereocenters. The van der Waals surface area contributed by atoms with E-state index in [2.05, 4.69) is 13.8 Å². The summed E-state index contributed by atoms with van der Waals surface area (Å²) >= 11 is 0. The molecule has 2 heteroatoms. The molecule has 1 aliphatic carbocycles. The van der Waals surface area contributed by atoms with E-state index in [4.69, 9.17) is 10.5 Å². The Hall–Kier alpha value is -0.0800. The first kappa shape index (κ1) is 12.0. The summed E-state index contributed by atoms with van der Waals surface area (Å²) < 4.78 is 5.62. The van der Waals surface area contributed by atoms with E-state index in [1.165, 1.54) is 32.1 Å². The van der Waals surface area contributed by atoms with Crippen LogP contribution in [0.15, 0.2) is 0 Å². The molecule has 1 fully saturated rings. The van der Waals surface area contributed by atoms with Gasteiger partial charge in [0.25, 0.3) is 0 Å². The molecular weight excluding hydrogens is 174 g/mol. The third kappa shape index (κ3) is 3.58. The van der Waals surface area contributed by atoms with Gasteiger partial charge in [-0.25, -0.2) is 0 Å². The first-order valence-corrected chi connectivity index (χ1v) is 5.96. The molecule has 14 heavy (non-hydrogen) atoms. The van der Waals surface area contributed by atoms with Crippen LogP contribution >= 0.6 is 0 Å². The first-order chi connectivity index (χ1) is 6.68. The molecular formula is C12H25NO. The van der Waals surface area contributed by atoms with Crippen LogP contribution in [0.2, 0.25) is 0 Å². The minimum Gasteiger partial charge on any atom is -0.381 e. The van der Waals surface area contributed by atoms with Gasteiger partial charge in [-0.2, -0.15) is 0 Å².